The largest absolute Gasteiger partial charge is 0.394 e. The molecule has 0 spiro atoms. The van der Waals surface area contributed by atoms with E-state index < -0.39 is 86.1 Å². The predicted molar refractivity (Wildman–Crippen MR) is 199 cm³/mol. The van der Waals surface area contributed by atoms with Crippen LogP contribution < -0.4 is 0 Å². The zero-order chi connectivity index (χ0) is 39.7. The van der Waals surface area contributed by atoms with Crippen LogP contribution in [0.4, 0.5) is 0 Å². The van der Waals surface area contributed by atoms with Gasteiger partial charge in [-0.05, 0) is 117 Å². The Labute approximate surface area is 321 Å². The quantitative estimate of drug-likeness (QED) is 0.120. The van der Waals surface area contributed by atoms with Crippen molar-refractivity contribution in [1.82, 2.24) is 0 Å². The molecule has 12 nitrogen and oxygen atoms in total. The number of aliphatic hydroxyl groups excluding tert-OH is 8. The highest BCUT2D eigenvalue weighted by Crippen LogP contribution is 2.75. The van der Waals surface area contributed by atoms with Gasteiger partial charge in [0, 0.05) is 0 Å². The molecule has 6 rings (SSSR count). The van der Waals surface area contributed by atoms with Crippen LogP contribution in [-0.2, 0) is 18.9 Å². The minimum absolute atomic E-state index is 0.0217. The van der Waals surface area contributed by atoms with E-state index in [1.807, 2.05) is 0 Å². The summed E-state index contributed by atoms with van der Waals surface area (Å²) in [5, 5.41) is 85.4. The second-order valence-corrected chi connectivity index (χ2v) is 19.4. The normalized spacial score (nSPS) is 51.5. The van der Waals surface area contributed by atoms with Crippen LogP contribution in [0.5, 0.6) is 0 Å². The second kappa shape index (κ2) is 15.6. The molecule has 12 heteroatoms. The maximum Gasteiger partial charge on any atom is 0.187 e. The van der Waals surface area contributed by atoms with Gasteiger partial charge in [-0.1, -0.05) is 58.4 Å². The zero-order valence-electron chi connectivity index (χ0n) is 33.5. The van der Waals surface area contributed by atoms with E-state index in [4.69, 9.17) is 18.9 Å². The van der Waals surface area contributed by atoms with Gasteiger partial charge in [-0.3, -0.25) is 0 Å². The molecule has 0 bridgehead atoms. The van der Waals surface area contributed by atoms with Crippen molar-refractivity contribution in [2.24, 2.45) is 45.3 Å². The van der Waals surface area contributed by atoms with Gasteiger partial charge in [0.1, 0.15) is 48.8 Å². The van der Waals surface area contributed by atoms with Crippen molar-refractivity contribution in [3.05, 3.63) is 23.8 Å². The number of rotatable bonds is 10. The van der Waals surface area contributed by atoms with E-state index in [2.05, 4.69) is 61.1 Å². The van der Waals surface area contributed by atoms with Gasteiger partial charge in [-0.2, -0.15) is 0 Å². The van der Waals surface area contributed by atoms with Crippen LogP contribution in [-0.4, -0.2) is 128 Å². The van der Waals surface area contributed by atoms with Crippen molar-refractivity contribution >= 4 is 0 Å². The summed E-state index contributed by atoms with van der Waals surface area (Å²) in [7, 11) is 0. The van der Waals surface area contributed by atoms with Crippen LogP contribution in [0.1, 0.15) is 106 Å². The van der Waals surface area contributed by atoms with E-state index in [1.54, 1.807) is 0 Å². The molecular weight excluding hydrogens is 696 g/mol. The maximum absolute atomic E-state index is 12.1. The lowest BCUT2D eigenvalue weighted by Gasteiger charge is -2.70. The molecule has 0 radical (unpaired) electrons. The fourth-order valence-corrected chi connectivity index (χ4v) is 13.0. The summed E-state index contributed by atoms with van der Waals surface area (Å²) < 4.78 is 24.4. The summed E-state index contributed by atoms with van der Waals surface area (Å²) in [4.78, 5) is 0. The third kappa shape index (κ3) is 6.89. The highest BCUT2D eigenvalue weighted by Gasteiger charge is 2.70. The Bertz CT molecular complexity index is 1370. The molecule has 6 fully saturated rings. The minimum Gasteiger partial charge on any atom is -0.394 e. The molecule has 19 atom stereocenters. The van der Waals surface area contributed by atoms with Gasteiger partial charge < -0.3 is 59.8 Å². The maximum atomic E-state index is 12.1. The molecule has 8 N–H and O–H groups in total. The summed E-state index contributed by atoms with van der Waals surface area (Å²) in [6, 6.07) is 0. The highest BCUT2D eigenvalue weighted by atomic mass is 16.8. The number of ether oxygens (including phenoxy) is 4. The van der Waals surface area contributed by atoms with Crippen molar-refractivity contribution in [3.8, 4) is 0 Å². The standard InChI is InChI=1S/C42H70O12/c1-21(2)10-9-11-22(3)23-12-16-42(8)30(23)24(45)18-28-40(6)15-14-29(39(4,5)27(40)13-17-41(28,42)7)53-38-36(34(49)32(47)26(20-44)52-38)54-37-35(50)33(48)31(46)25(19-43)51-37/h10,23-38,43-50H,3,9,11-20H2,1-2,4-8H3/t23-,24-,25-,26-,27?,28?,29?,30-,31-,32-,33+,34+,35-,36-,37+,38+,40+,41-,42+/m1/s1. The minimum atomic E-state index is -1.74. The number of hydrogen-bond donors (Lipinski definition) is 8. The fourth-order valence-electron chi connectivity index (χ4n) is 13.0. The van der Waals surface area contributed by atoms with Crippen molar-refractivity contribution in [3.63, 3.8) is 0 Å². The molecule has 0 aromatic rings. The average Bonchev–Trinajstić information content (AvgIpc) is 3.49. The Morgan fingerprint density at radius 2 is 1.33 bits per heavy atom. The monoisotopic (exact) mass is 766 g/mol. The van der Waals surface area contributed by atoms with E-state index in [1.165, 1.54) is 11.1 Å². The van der Waals surface area contributed by atoms with Crippen LogP contribution in [0.15, 0.2) is 23.8 Å². The lowest BCUT2D eigenvalue weighted by Crippen LogP contribution is -2.67. The van der Waals surface area contributed by atoms with Gasteiger partial charge >= 0.3 is 0 Å². The molecule has 3 unspecified atom stereocenters. The Balaban J connectivity index is 1.22. The van der Waals surface area contributed by atoms with Gasteiger partial charge in [-0.15, -0.1) is 0 Å². The predicted octanol–water partition coefficient (Wildman–Crippen LogP) is 2.95. The smallest absolute Gasteiger partial charge is 0.187 e. The molecule has 2 aliphatic heterocycles. The summed E-state index contributed by atoms with van der Waals surface area (Å²) in [5.41, 5.74) is 2.12. The first-order chi connectivity index (χ1) is 25.3. The van der Waals surface area contributed by atoms with Crippen LogP contribution >= 0.6 is 0 Å². The molecule has 310 valence electrons. The van der Waals surface area contributed by atoms with Crippen molar-refractivity contribution in [2.75, 3.05) is 13.2 Å². The zero-order valence-corrected chi connectivity index (χ0v) is 33.5. The third-order valence-electron chi connectivity index (χ3n) is 16.1. The molecular formula is C42H70O12. The molecule has 4 saturated carbocycles. The number of allylic oxidation sites excluding steroid dienone is 3. The fraction of sp³-hybridized carbons (Fsp3) is 0.905. The van der Waals surface area contributed by atoms with Gasteiger partial charge in [-0.25, -0.2) is 0 Å². The molecule has 6 aliphatic rings. The van der Waals surface area contributed by atoms with Crippen LogP contribution in [0.2, 0.25) is 0 Å². The van der Waals surface area contributed by atoms with Crippen LogP contribution in [0.3, 0.4) is 0 Å². The van der Waals surface area contributed by atoms with Crippen LogP contribution in [0.25, 0.3) is 0 Å². The molecule has 2 heterocycles. The van der Waals surface area contributed by atoms with E-state index in [0.29, 0.717) is 18.3 Å². The molecule has 4 aliphatic carbocycles. The molecule has 0 amide bonds. The Kier molecular flexibility index (Phi) is 12.3. The second-order valence-electron chi connectivity index (χ2n) is 19.4. The van der Waals surface area contributed by atoms with E-state index in [0.717, 1.165) is 51.4 Å². The molecule has 0 aromatic carbocycles. The van der Waals surface area contributed by atoms with Gasteiger partial charge in [0.15, 0.2) is 12.6 Å². The number of aliphatic hydroxyl groups is 8. The summed E-state index contributed by atoms with van der Waals surface area (Å²) in [5.74, 6) is 1.03. The first-order valence-electron chi connectivity index (χ1n) is 20.5. The topological polar surface area (TPSA) is 199 Å². The van der Waals surface area contributed by atoms with E-state index in [-0.39, 0.29) is 34.2 Å². The van der Waals surface area contributed by atoms with Gasteiger partial charge in [0.05, 0.1) is 25.4 Å². The molecule has 0 aromatic heterocycles. The SMILES string of the molecule is C=C(CCC=C(C)C)[C@H]1CC[C@@]2(C)[C@H]1[C@H](O)CC1[C@@]3(C)CCC(O[C@@H]4O[C@H](CO)[C@@H](O)[C@H](O)[C@H]4O[C@@H]4O[C@H](CO)[C@@H](O)[C@H](O)[C@H]4O)C(C)(C)C3CC[C@]12C. The lowest BCUT2D eigenvalue weighted by molar-refractivity contribution is -0.378. The molecule has 2 saturated heterocycles. The summed E-state index contributed by atoms with van der Waals surface area (Å²) >= 11 is 0. The van der Waals surface area contributed by atoms with Gasteiger partial charge in [0.25, 0.3) is 0 Å². The third-order valence-corrected chi connectivity index (χ3v) is 16.1. The van der Waals surface area contributed by atoms with Crippen LogP contribution in [0, 0.1) is 45.3 Å². The Morgan fingerprint density at radius 1 is 0.722 bits per heavy atom. The first-order valence-corrected chi connectivity index (χ1v) is 20.5. The summed E-state index contributed by atoms with van der Waals surface area (Å²) in [6.07, 6.45) is -5.12. The average molecular weight is 767 g/mol. The highest BCUT2D eigenvalue weighted by molar-refractivity contribution is 5.22. The van der Waals surface area contributed by atoms with Crippen molar-refractivity contribution in [2.45, 2.75) is 180 Å². The van der Waals surface area contributed by atoms with Gasteiger partial charge in [0.2, 0.25) is 0 Å². The number of fused-ring (bicyclic) bond motifs is 5. The first kappa shape index (κ1) is 42.6. The van der Waals surface area contributed by atoms with Crippen molar-refractivity contribution < 1.29 is 59.8 Å². The summed E-state index contributed by atoms with van der Waals surface area (Å²) in [6.45, 7) is 19.4. The Morgan fingerprint density at radius 3 is 1.96 bits per heavy atom. The molecule has 54 heavy (non-hydrogen) atoms. The van der Waals surface area contributed by atoms with Crippen molar-refractivity contribution in [1.29, 1.82) is 0 Å². The lowest BCUT2D eigenvalue weighted by atomic mass is 9.35. The van der Waals surface area contributed by atoms with E-state index >= 15 is 0 Å². The van der Waals surface area contributed by atoms with E-state index in [9.17, 15) is 40.9 Å². The number of hydrogen-bond acceptors (Lipinski definition) is 12. The Hall–Kier alpha value is -1.00.